The average molecular weight is 311 g/mol. The molecule has 0 radical (unpaired) electrons. The van der Waals surface area contributed by atoms with Gasteiger partial charge in [-0.1, -0.05) is 6.07 Å². The molecular weight excluding hydrogens is 300 g/mol. The van der Waals surface area contributed by atoms with E-state index in [1.807, 2.05) is 5.38 Å². The van der Waals surface area contributed by atoms with E-state index >= 15 is 0 Å². The SMILES string of the molecule is COC(=O)c1cc(NC(=O)Cc2cccs2)c(F)cc1F. The van der Waals surface area contributed by atoms with Crippen LogP contribution in [-0.4, -0.2) is 19.0 Å². The molecular formula is C14H11F2NO3S. The van der Waals surface area contributed by atoms with E-state index in [-0.39, 0.29) is 12.1 Å². The first-order valence-corrected chi connectivity index (χ1v) is 6.79. The lowest BCUT2D eigenvalue weighted by Crippen LogP contribution is -2.16. The third kappa shape index (κ3) is 3.63. The van der Waals surface area contributed by atoms with Crippen molar-refractivity contribution < 1.29 is 23.1 Å². The first kappa shape index (κ1) is 15.1. The van der Waals surface area contributed by atoms with E-state index in [9.17, 15) is 18.4 Å². The van der Waals surface area contributed by atoms with Gasteiger partial charge in [-0.15, -0.1) is 11.3 Å². The summed E-state index contributed by atoms with van der Waals surface area (Å²) in [6.45, 7) is 0. The first-order chi connectivity index (χ1) is 10.0. The van der Waals surface area contributed by atoms with Crippen molar-refractivity contribution in [1.29, 1.82) is 0 Å². The molecule has 0 unspecified atom stereocenters. The van der Waals surface area contributed by atoms with Crippen molar-refractivity contribution in [2.75, 3.05) is 12.4 Å². The Labute approximate surface area is 123 Å². The van der Waals surface area contributed by atoms with E-state index < -0.39 is 29.1 Å². The largest absolute Gasteiger partial charge is 0.465 e. The Morgan fingerprint density at radius 1 is 1.29 bits per heavy atom. The van der Waals surface area contributed by atoms with Crippen molar-refractivity contribution in [3.63, 3.8) is 0 Å². The molecule has 2 aromatic rings. The molecule has 1 aromatic carbocycles. The topological polar surface area (TPSA) is 55.4 Å². The third-order valence-corrected chi connectivity index (χ3v) is 3.53. The highest BCUT2D eigenvalue weighted by Gasteiger charge is 2.18. The van der Waals surface area contributed by atoms with Crippen LogP contribution in [0.1, 0.15) is 15.2 Å². The number of halogens is 2. The highest BCUT2D eigenvalue weighted by atomic mass is 32.1. The van der Waals surface area contributed by atoms with E-state index in [2.05, 4.69) is 10.1 Å². The minimum absolute atomic E-state index is 0.0715. The highest BCUT2D eigenvalue weighted by molar-refractivity contribution is 7.10. The minimum atomic E-state index is -1.05. The predicted octanol–water partition coefficient (Wildman–Crippen LogP) is 2.99. The molecule has 0 saturated carbocycles. The van der Waals surface area contributed by atoms with Gasteiger partial charge in [0.15, 0.2) is 0 Å². The summed E-state index contributed by atoms with van der Waals surface area (Å²) in [4.78, 5) is 23.9. The molecule has 2 rings (SSSR count). The van der Waals surface area contributed by atoms with E-state index in [1.54, 1.807) is 12.1 Å². The zero-order valence-electron chi connectivity index (χ0n) is 11.0. The molecule has 0 bridgehead atoms. The van der Waals surface area contributed by atoms with Crippen molar-refractivity contribution in [3.8, 4) is 0 Å². The molecule has 0 spiro atoms. The molecule has 21 heavy (non-hydrogen) atoms. The summed E-state index contributed by atoms with van der Waals surface area (Å²) in [6.07, 6.45) is 0.0715. The maximum atomic E-state index is 13.6. The second-order valence-corrected chi connectivity index (χ2v) is 5.14. The van der Waals surface area contributed by atoms with Crippen LogP contribution in [0.3, 0.4) is 0 Å². The summed E-state index contributed by atoms with van der Waals surface area (Å²) < 4.78 is 31.5. The van der Waals surface area contributed by atoms with Crippen LogP contribution in [0.4, 0.5) is 14.5 Å². The number of hydrogen-bond donors (Lipinski definition) is 1. The van der Waals surface area contributed by atoms with Crippen molar-refractivity contribution in [3.05, 3.63) is 51.7 Å². The van der Waals surface area contributed by atoms with Gasteiger partial charge in [0.25, 0.3) is 0 Å². The zero-order valence-corrected chi connectivity index (χ0v) is 11.8. The molecule has 1 heterocycles. The van der Waals surface area contributed by atoms with E-state index in [4.69, 9.17) is 0 Å². The normalized spacial score (nSPS) is 10.2. The number of anilines is 1. The first-order valence-electron chi connectivity index (χ1n) is 5.91. The molecule has 4 nitrogen and oxygen atoms in total. The maximum Gasteiger partial charge on any atom is 0.340 e. The molecule has 1 amide bonds. The Kier molecular flexibility index (Phi) is 4.64. The lowest BCUT2D eigenvalue weighted by atomic mass is 10.1. The molecule has 0 saturated heterocycles. The zero-order chi connectivity index (χ0) is 15.4. The van der Waals surface area contributed by atoms with Gasteiger partial charge in [-0.25, -0.2) is 13.6 Å². The lowest BCUT2D eigenvalue weighted by Gasteiger charge is -2.08. The number of ether oxygens (including phenoxy) is 1. The number of esters is 1. The maximum absolute atomic E-state index is 13.6. The Morgan fingerprint density at radius 3 is 2.67 bits per heavy atom. The van der Waals surface area contributed by atoms with Crippen LogP contribution in [0.2, 0.25) is 0 Å². The quantitative estimate of drug-likeness (QED) is 0.883. The van der Waals surface area contributed by atoms with Gasteiger partial charge in [-0.3, -0.25) is 4.79 Å². The third-order valence-electron chi connectivity index (χ3n) is 2.65. The average Bonchev–Trinajstić information content (AvgIpc) is 2.93. The molecule has 0 aliphatic heterocycles. The molecule has 0 atom stereocenters. The Morgan fingerprint density at radius 2 is 2.05 bits per heavy atom. The van der Waals surface area contributed by atoms with Gasteiger partial charge in [-0.05, 0) is 17.5 Å². The van der Waals surface area contributed by atoms with Gasteiger partial charge in [-0.2, -0.15) is 0 Å². The Balaban J connectivity index is 2.19. The molecule has 0 aliphatic rings. The van der Waals surface area contributed by atoms with Gasteiger partial charge < -0.3 is 10.1 Å². The molecule has 1 N–H and O–H groups in total. The van der Waals surface area contributed by atoms with Crippen molar-refractivity contribution >= 4 is 28.9 Å². The van der Waals surface area contributed by atoms with Gasteiger partial charge in [0, 0.05) is 10.9 Å². The van der Waals surface area contributed by atoms with Crippen LogP contribution in [0.15, 0.2) is 29.6 Å². The summed E-state index contributed by atoms with van der Waals surface area (Å²) in [5.74, 6) is -3.41. The van der Waals surface area contributed by atoms with Crippen LogP contribution in [0.5, 0.6) is 0 Å². The number of hydrogen-bond acceptors (Lipinski definition) is 4. The number of carbonyl (C=O) groups excluding carboxylic acids is 2. The Bertz CT molecular complexity index is 671. The summed E-state index contributed by atoms with van der Waals surface area (Å²) in [5, 5.41) is 4.13. The number of carbonyl (C=O) groups is 2. The van der Waals surface area contributed by atoms with E-state index in [0.717, 1.165) is 18.1 Å². The fraction of sp³-hybridized carbons (Fsp3) is 0.143. The van der Waals surface area contributed by atoms with Crippen molar-refractivity contribution in [2.24, 2.45) is 0 Å². The monoisotopic (exact) mass is 311 g/mol. The van der Waals surface area contributed by atoms with Gasteiger partial charge in [0.2, 0.25) is 5.91 Å². The minimum Gasteiger partial charge on any atom is -0.465 e. The molecule has 7 heteroatoms. The van der Waals surface area contributed by atoms with Crippen LogP contribution >= 0.6 is 11.3 Å². The second kappa shape index (κ2) is 6.45. The molecule has 0 aliphatic carbocycles. The molecule has 110 valence electrons. The van der Waals surface area contributed by atoms with Crippen LogP contribution in [-0.2, 0) is 16.0 Å². The fourth-order valence-electron chi connectivity index (χ4n) is 1.68. The predicted molar refractivity (Wildman–Crippen MR) is 74.4 cm³/mol. The number of methoxy groups -OCH3 is 1. The van der Waals surface area contributed by atoms with E-state index in [0.29, 0.717) is 6.07 Å². The lowest BCUT2D eigenvalue weighted by molar-refractivity contribution is -0.115. The standard InChI is InChI=1S/C14H11F2NO3S/c1-20-14(19)9-6-12(11(16)7-10(9)15)17-13(18)5-8-3-2-4-21-8/h2-4,6-7H,5H2,1H3,(H,17,18). The number of rotatable bonds is 4. The summed E-state index contributed by atoms with van der Waals surface area (Å²) in [6, 6.07) is 5.02. The van der Waals surface area contributed by atoms with Crippen LogP contribution in [0, 0.1) is 11.6 Å². The molecule has 0 fully saturated rings. The number of nitrogens with one attached hydrogen (secondary N) is 1. The molecule has 1 aromatic heterocycles. The van der Waals surface area contributed by atoms with E-state index in [1.165, 1.54) is 11.3 Å². The van der Waals surface area contributed by atoms with Crippen molar-refractivity contribution in [2.45, 2.75) is 6.42 Å². The number of benzene rings is 1. The highest BCUT2D eigenvalue weighted by Crippen LogP contribution is 2.21. The second-order valence-electron chi connectivity index (χ2n) is 4.11. The number of thiophene rings is 1. The smallest absolute Gasteiger partial charge is 0.340 e. The van der Waals surface area contributed by atoms with Gasteiger partial charge in [0.05, 0.1) is 24.8 Å². The van der Waals surface area contributed by atoms with Crippen LogP contribution < -0.4 is 5.32 Å². The summed E-state index contributed by atoms with van der Waals surface area (Å²) >= 11 is 1.39. The van der Waals surface area contributed by atoms with Crippen molar-refractivity contribution in [1.82, 2.24) is 0 Å². The van der Waals surface area contributed by atoms with Crippen LogP contribution in [0.25, 0.3) is 0 Å². The summed E-state index contributed by atoms with van der Waals surface area (Å²) in [5.41, 5.74) is -0.705. The van der Waals surface area contributed by atoms with Gasteiger partial charge >= 0.3 is 5.97 Å². The fourth-order valence-corrected chi connectivity index (χ4v) is 2.38. The van der Waals surface area contributed by atoms with Gasteiger partial charge in [0.1, 0.15) is 11.6 Å². The Hall–Kier alpha value is -2.28. The summed E-state index contributed by atoms with van der Waals surface area (Å²) in [7, 11) is 1.08. The number of amides is 1.